The van der Waals surface area contributed by atoms with E-state index in [9.17, 15) is 40.2 Å². The van der Waals surface area contributed by atoms with Crippen LogP contribution in [0.3, 0.4) is 0 Å². The second-order valence-electron chi connectivity index (χ2n) is 25.4. The Hall–Kier alpha value is -2.91. The van der Waals surface area contributed by atoms with Gasteiger partial charge in [0.1, 0.15) is 35.4 Å². The molecule has 0 unspecified atom stereocenters. The van der Waals surface area contributed by atoms with E-state index in [1.807, 2.05) is 68.4 Å². The largest absolute Gasteiger partial charge is 0.511 e. The van der Waals surface area contributed by atoms with E-state index in [4.69, 9.17) is 37.9 Å². The first-order valence-corrected chi connectivity index (χ1v) is 29.4. The number of esters is 1. The summed E-state index contributed by atoms with van der Waals surface area (Å²) in [6.07, 6.45) is -0.691. The van der Waals surface area contributed by atoms with Crippen molar-refractivity contribution < 1.29 is 82.9 Å². The highest BCUT2D eigenvalue weighted by molar-refractivity contribution is 6.26. The first-order chi connectivity index (χ1) is 36.8. The predicted octanol–water partition coefficient (Wildman–Crippen LogP) is 7.28. The minimum Gasteiger partial charge on any atom is -0.511 e. The van der Waals surface area contributed by atoms with Crippen LogP contribution in [0, 0.1) is 58.2 Å². The second kappa shape index (κ2) is 24.1. The van der Waals surface area contributed by atoms with Crippen LogP contribution in [0.1, 0.15) is 154 Å². The lowest BCUT2D eigenvalue weighted by Gasteiger charge is -2.56. The van der Waals surface area contributed by atoms with Crippen LogP contribution in [0.4, 0.5) is 0 Å². The van der Waals surface area contributed by atoms with Gasteiger partial charge >= 0.3 is 5.97 Å². The number of allylic oxidation sites excluding steroid dienone is 4. The molecule has 0 aromatic heterocycles. The Morgan fingerprint density at radius 2 is 1.36 bits per heavy atom. The molecule has 0 aromatic carbocycles. The molecule has 1 saturated carbocycles. The zero-order valence-electron chi connectivity index (χ0n) is 48.6. The number of carbonyl (C=O) groups is 3. The standard InChI is InChI=1S/C61H94O17/c1-14-39-21-38(28-62)19-31(5)53(75-47-24-44(66)54(36(10)73-47)76-48-25-45(71-13)55(37(11)74-48)77-46-23-43(65)52(67)35(9)72-46)29(3)17-16-18-59(12)26-32(6)33(7)27-61(59)57(69)49(58(70)78-61)56(68)60(15-2)50(39)30(4)20-40-42(64)22-41(63)34(8)51(40)60/h20-21,26,29,31,33-38,40,42-48,50-55,62,64-68H,14-19,22-25,27-28H2,1-13H3/b39-21+,56-49+/t29-,31-,33-,34+,35-,36-,37+,38-,40-,42+,43+,44+,45+,46+,47+,48+,50+,51-,52-,53-,54-,55+,59-,60-,61-/m1/s1. The molecule has 0 amide bonds. The number of ketones is 2. The molecule has 5 fully saturated rings. The fraction of sp³-hybridized carbons (Fsp3) is 0.820. The Labute approximate surface area is 462 Å². The van der Waals surface area contributed by atoms with E-state index in [2.05, 4.69) is 26.0 Å². The van der Waals surface area contributed by atoms with Gasteiger partial charge in [-0.25, -0.2) is 4.79 Å². The number of carbonyl (C=O) groups excluding carboxylic acids is 3. The summed E-state index contributed by atoms with van der Waals surface area (Å²) in [6.45, 7) is 23.2. The Morgan fingerprint density at radius 3 is 1.97 bits per heavy atom. The van der Waals surface area contributed by atoms with Crippen molar-refractivity contribution in [1.29, 1.82) is 0 Å². The van der Waals surface area contributed by atoms with Crippen molar-refractivity contribution >= 4 is 17.5 Å². The molecule has 0 aromatic rings. The van der Waals surface area contributed by atoms with Crippen LogP contribution in [-0.4, -0.2) is 154 Å². The molecular formula is C61H94O17. The van der Waals surface area contributed by atoms with Crippen molar-refractivity contribution in [3.8, 4) is 0 Å². The van der Waals surface area contributed by atoms with Crippen molar-refractivity contribution in [2.75, 3.05) is 13.7 Å². The summed E-state index contributed by atoms with van der Waals surface area (Å²) in [5.41, 5.74) is -1.54. The number of Topliss-reactive ketones (excluding diaryl/α,β-unsaturated/α-hetero) is 2. The van der Waals surface area contributed by atoms with Crippen LogP contribution in [0.15, 0.2) is 46.3 Å². The third-order valence-electron chi connectivity index (χ3n) is 20.3. The summed E-state index contributed by atoms with van der Waals surface area (Å²) in [5.74, 6) is -5.19. The number of methoxy groups -OCH3 is 1. The lowest BCUT2D eigenvalue weighted by atomic mass is 9.47. The second-order valence-corrected chi connectivity index (χ2v) is 25.4. The van der Waals surface area contributed by atoms with Crippen molar-refractivity contribution in [2.45, 2.75) is 245 Å². The summed E-state index contributed by atoms with van der Waals surface area (Å²) in [7, 11) is 1.57. The van der Waals surface area contributed by atoms with Gasteiger partial charge in [0.2, 0.25) is 5.78 Å². The van der Waals surface area contributed by atoms with Crippen molar-refractivity contribution in [3.63, 3.8) is 0 Å². The van der Waals surface area contributed by atoms with Gasteiger partial charge in [-0.05, 0) is 90.4 Å². The molecule has 440 valence electrons. The quantitative estimate of drug-likeness (QED) is 0.0715. The molecule has 4 heterocycles. The maximum Gasteiger partial charge on any atom is 0.346 e. The van der Waals surface area contributed by atoms with Gasteiger partial charge in [-0.2, -0.15) is 0 Å². The number of aliphatic hydroxyl groups is 6. The number of hydrogen-bond acceptors (Lipinski definition) is 17. The monoisotopic (exact) mass is 1100 g/mol. The van der Waals surface area contributed by atoms with Gasteiger partial charge in [0.05, 0.1) is 48.8 Å². The summed E-state index contributed by atoms with van der Waals surface area (Å²) < 4.78 is 51.0. The fourth-order valence-electron chi connectivity index (χ4n) is 16.0. The van der Waals surface area contributed by atoms with Gasteiger partial charge in [-0.15, -0.1) is 0 Å². The lowest BCUT2D eigenvalue weighted by Crippen LogP contribution is -2.57. The van der Waals surface area contributed by atoms with Crippen LogP contribution < -0.4 is 0 Å². The van der Waals surface area contributed by atoms with Gasteiger partial charge < -0.3 is 68.5 Å². The third kappa shape index (κ3) is 11.1. The van der Waals surface area contributed by atoms with E-state index in [1.54, 1.807) is 14.0 Å². The molecule has 4 saturated heterocycles. The van der Waals surface area contributed by atoms with E-state index in [0.29, 0.717) is 32.1 Å². The molecule has 17 heteroatoms. The zero-order chi connectivity index (χ0) is 57.1. The molecule has 4 aliphatic heterocycles. The van der Waals surface area contributed by atoms with E-state index < -0.39 is 144 Å². The van der Waals surface area contributed by atoms with Crippen molar-refractivity contribution in [1.82, 2.24) is 0 Å². The Kier molecular flexibility index (Phi) is 18.9. The smallest absolute Gasteiger partial charge is 0.346 e. The Bertz CT molecular complexity index is 2290. The van der Waals surface area contributed by atoms with Gasteiger partial charge in [0.25, 0.3) is 0 Å². The topological polar surface area (TPSA) is 246 Å². The SMILES string of the molecule is CC/C1=C\[C@H](CO)C[C@@H](C)[C@H](O[C@H]2C[C@H](O)[C@H](O[C@H]3C[C@H](OC)[C@@H](O[C@H]4C[C@H](O)[C@H](O)[C@@H](C)O4)[C@H](C)O3)[C@@H](C)O2)[C@H](C)CCC[C@]2(C)C=C(C)[C@H](C)C[C@]23OC(=O)/C(=C(/O)[C@@]2(CC)[C@H]4[C@H](C=C(C)[C@@H]12)[C@@H](O)CC(=O)[C@@H]4C)C3=O. The van der Waals surface area contributed by atoms with Gasteiger partial charge in [0, 0.05) is 80.3 Å². The number of fused-ring (bicyclic) bond motifs is 4. The molecule has 1 spiro atoms. The molecular weight excluding hydrogens is 1000 g/mol. The molecule has 25 atom stereocenters. The summed E-state index contributed by atoms with van der Waals surface area (Å²) >= 11 is 0. The molecule has 8 rings (SSSR count). The highest BCUT2D eigenvalue weighted by Gasteiger charge is 2.67. The zero-order valence-corrected chi connectivity index (χ0v) is 48.6. The normalized spacial score (nSPS) is 49.5. The maximum atomic E-state index is 15.7. The van der Waals surface area contributed by atoms with E-state index in [1.165, 1.54) is 0 Å². The van der Waals surface area contributed by atoms with Crippen LogP contribution in [0.2, 0.25) is 0 Å². The third-order valence-corrected chi connectivity index (χ3v) is 20.3. The van der Waals surface area contributed by atoms with Gasteiger partial charge in [0.15, 0.2) is 24.5 Å². The molecule has 6 N–H and O–H groups in total. The Balaban J connectivity index is 1.09. The minimum atomic E-state index is -1.62. The first-order valence-electron chi connectivity index (χ1n) is 29.4. The van der Waals surface area contributed by atoms with E-state index >= 15 is 4.79 Å². The Morgan fingerprint density at radius 1 is 0.744 bits per heavy atom. The van der Waals surface area contributed by atoms with Crippen molar-refractivity contribution in [3.05, 3.63) is 46.3 Å². The molecule has 2 bridgehead atoms. The van der Waals surface area contributed by atoms with Crippen molar-refractivity contribution in [2.24, 2.45) is 58.2 Å². The molecule has 4 aliphatic carbocycles. The highest BCUT2D eigenvalue weighted by Crippen LogP contribution is 2.64. The summed E-state index contributed by atoms with van der Waals surface area (Å²) in [5, 5.41) is 68.8. The molecule has 17 nitrogen and oxygen atoms in total. The number of ether oxygens (including phenoxy) is 8. The highest BCUT2D eigenvalue weighted by atomic mass is 16.7. The average Bonchev–Trinajstić information content (AvgIpc) is 3.88. The molecule has 8 aliphatic rings. The van der Waals surface area contributed by atoms with Crippen LogP contribution in [0.5, 0.6) is 0 Å². The van der Waals surface area contributed by atoms with Gasteiger partial charge in [-0.3, -0.25) is 9.59 Å². The maximum absolute atomic E-state index is 15.7. The van der Waals surface area contributed by atoms with Crippen LogP contribution in [-0.2, 0) is 52.3 Å². The molecule has 78 heavy (non-hydrogen) atoms. The van der Waals surface area contributed by atoms with Gasteiger partial charge in [-0.1, -0.05) is 89.8 Å². The van der Waals surface area contributed by atoms with Crippen LogP contribution in [0.25, 0.3) is 0 Å². The average molecular weight is 1100 g/mol. The fourth-order valence-corrected chi connectivity index (χ4v) is 16.0. The molecule has 0 radical (unpaired) electrons. The van der Waals surface area contributed by atoms with E-state index in [-0.39, 0.29) is 80.0 Å². The predicted molar refractivity (Wildman–Crippen MR) is 287 cm³/mol. The van der Waals surface area contributed by atoms with Crippen LogP contribution >= 0.6 is 0 Å². The van der Waals surface area contributed by atoms with E-state index in [0.717, 1.165) is 16.7 Å². The first kappa shape index (κ1) is 61.2. The summed E-state index contributed by atoms with van der Waals surface area (Å²) in [4.78, 5) is 44.3. The number of aliphatic hydroxyl groups excluding tert-OH is 6. The lowest BCUT2D eigenvalue weighted by molar-refractivity contribution is -0.338. The number of hydrogen-bond donors (Lipinski definition) is 6. The minimum absolute atomic E-state index is 0.0414. The number of rotatable bonds is 10. The summed E-state index contributed by atoms with van der Waals surface area (Å²) in [6, 6.07) is 0.